The minimum atomic E-state index is -0.382. The maximum atomic E-state index is 13.0. The molecule has 0 aromatic heterocycles. The fraction of sp³-hybridized carbons (Fsp3) is 0.333. The van der Waals surface area contributed by atoms with Crippen molar-refractivity contribution >= 4 is 11.9 Å². The highest BCUT2D eigenvalue weighted by Gasteiger charge is 2.30. The molecule has 0 bridgehead atoms. The lowest BCUT2D eigenvalue weighted by molar-refractivity contribution is -0.149. The Hall–Kier alpha value is -3.40. The summed E-state index contributed by atoms with van der Waals surface area (Å²) in [5, 5.41) is 3.17. The molecular formula is C30H35NO3. The number of esters is 1. The third-order valence-corrected chi connectivity index (χ3v) is 6.07. The highest BCUT2D eigenvalue weighted by Crippen LogP contribution is 2.21. The molecule has 3 rings (SSSR count). The molecule has 3 aromatic carbocycles. The molecule has 178 valence electrons. The molecule has 1 N–H and O–H groups in total. The molecule has 0 aliphatic carbocycles. The predicted molar refractivity (Wildman–Crippen MR) is 137 cm³/mol. The normalized spacial score (nSPS) is 12.5. The van der Waals surface area contributed by atoms with Gasteiger partial charge >= 0.3 is 5.97 Å². The number of hydrogen-bond acceptors (Lipinski definition) is 3. The summed E-state index contributed by atoms with van der Waals surface area (Å²) in [5.41, 5.74) is 3.11. The summed E-state index contributed by atoms with van der Waals surface area (Å²) < 4.78 is 5.45. The zero-order valence-electron chi connectivity index (χ0n) is 20.0. The van der Waals surface area contributed by atoms with Gasteiger partial charge in [0.25, 0.3) is 5.91 Å². The second-order valence-electron chi connectivity index (χ2n) is 8.56. The highest BCUT2D eigenvalue weighted by molar-refractivity contribution is 5.94. The molecule has 34 heavy (non-hydrogen) atoms. The maximum Gasteiger partial charge on any atom is 0.311 e. The fourth-order valence-electron chi connectivity index (χ4n) is 4.29. The van der Waals surface area contributed by atoms with Crippen LogP contribution in [0.25, 0.3) is 0 Å². The van der Waals surface area contributed by atoms with Crippen molar-refractivity contribution < 1.29 is 14.3 Å². The maximum absolute atomic E-state index is 13.0. The van der Waals surface area contributed by atoms with Crippen molar-refractivity contribution in [2.45, 2.75) is 51.5 Å². The average molecular weight is 458 g/mol. The highest BCUT2D eigenvalue weighted by atomic mass is 16.5. The largest absolute Gasteiger partial charge is 0.466 e. The average Bonchev–Trinajstić information content (AvgIpc) is 2.88. The van der Waals surface area contributed by atoms with E-state index in [1.165, 1.54) is 11.1 Å². The molecule has 4 nitrogen and oxygen atoms in total. The zero-order chi connectivity index (χ0) is 24.0. The lowest BCUT2D eigenvalue weighted by Crippen LogP contribution is -2.44. The van der Waals surface area contributed by atoms with Gasteiger partial charge in [-0.2, -0.15) is 0 Å². The summed E-state index contributed by atoms with van der Waals surface area (Å²) in [5.74, 6) is -0.761. The minimum absolute atomic E-state index is 0.150. The van der Waals surface area contributed by atoms with E-state index < -0.39 is 0 Å². The van der Waals surface area contributed by atoms with Gasteiger partial charge in [0.2, 0.25) is 0 Å². The van der Waals surface area contributed by atoms with Crippen molar-refractivity contribution in [1.29, 1.82) is 0 Å². The SMILES string of the molecule is CCOC(=O)[C@H](CCCc1ccccc1)[C@H](CCCc1ccccc1)NC(=O)c1ccccc1. The molecule has 4 heteroatoms. The number of hydrogen-bond donors (Lipinski definition) is 1. The molecule has 3 aromatic rings. The van der Waals surface area contributed by atoms with Crippen molar-refractivity contribution in [3.63, 3.8) is 0 Å². The van der Waals surface area contributed by atoms with Gasteiger partial charge in [0, 0.05) is 11.6 Å². The van der Waals surface area contributed by atoms with Crippen molar-refractivity contribution in [1.82, 2.24) is 5.32 Å². The quantitative estimate of drug-likeness (QED) is 0.320. The predicted octanol–water partition coefficient (Wildman–Crippen LogP) is 6.01. The molecular weight excluding hydrogens is 422 g/mol. The first-order valence-electron chi connectivity index (χ1n) is 12.3. The van der Waals surface area contributed by atoms with E-state index in [4.69, 9.17) is 4.74 Å². The second kappa shape index (κ2) is 14.0. The van der Waals surface area contributed by atoms with Gasteiger partial charge in [-0.25, -0.2) is 0 Å². The Labute approximate surface area is 203 Å². The van der Waals surface area contributed by atoms with Gasteiger partial charge < -0.3 is 10.1 Å². The van der Waals surface area contributed by atoms with Crippen LogP contribution in [0.1, 0.15) is 54.1 Å². The summed E-state index contributed by atoms with van der Waals surface area (Å²) in [6.45, 7) is 2.16. The van der Waals surface area contributed by atoms with E-state index in [0.717, 1.165) is 25.7 Å². The molecule has 0 fully saturated rings. The van der Waals surface area contributed by atoms with Crippen LogP contribution in [0, 0.1) is 5.92 Å². The lowest BCUT2D eigenvalue weighted by Gasteiger charge is -2.27. The van der Waals surface area contributed by atoms with Gasteiger partial charge in [-0.3, -0.25) is 9.59 Å². The summed E-state index contributed by atoms with van der Waals surface area (Å²) in [6.07, 6.45) is 4.89. The van der Waals surface area contributed by atoms with Crippen LogP contribution in [0.4, 0.5) is 0 Å². The van der Waals surface area contributed by atoms with Crippen LogP contribution in [-0.4, -0.2) is 24.5 Å². The van der Waals surface area contributed by atoms with E-state index in [1.54, 1.807) is 12.1 Å². The summed E-state index contributed by atoms with van der Waals surface area (Å²) in [7, 11) is 0. The minimum Gasteiger partial charge on any atom is -0.466 e. The Morgan fingerprint density at radius 1 is 0.735 bits per heavy atom. The molecule has 0 aliphatic heterocycles. The van der Waals surface area contributed by atoms with Crippen molar-refractivity contribution in [2.75, 3.05) is 6.61 Å². The van der Waals surface area contributed by atoms with Crippen LogP contribution < -0.4 is 5.32 Å². The van der Waals surface area contributed by atoms with Gasteiger partial charge in [-0.05, 0) is 68.7 Å². The smallest absolute Gasteiger partial charge is 0.311 e. The van der Waals surface area contributed by atoms with Crippen molar-refractivity contribution in [3.8, 4) is 0 Å². The van der Waals surface area contributed by atoms with E-state index in [0.29, 0.717) is 25.0 Å². The topological polar surface area (TPSA) is 55.4 Å². The number of benzene rings is 3. The third-order valence-electron chi connectivity index (χ3n) is 6.07. The molecule has 0 spiro atoms. The van der Waals surface area contributed by atoms with E-state index in [1.807, 2.05) is 61.5 Å². The Morgan fingerprint density at radius 3 is 1.76 bits per heavy atom. The monoisotopic (exact) mass is 457 g/mol. The molecule has 0 heterocycles. The summed E-state index contributed by atoms with van der Waals surface area (Å²) in [4.78, 5) is 26.0. The van der Waals surface area contributed by atoms with Crippen LogP contribution >= 0.6 is 0 Å². The van der Waals surface area contributed by atoms with E-state index in [-0.39, 0.29) is 23.8 Å². The first-order chi connectivity index (χ1) is 16.7. The standard InChI is InChI=1S/C30H35NO3/c1-2-34-30(33)27(22-12-18-24-14-6-3-7-15-24)28(23-13-19-25-16-8-4-9-17-25)31-29(32)26-20-10-5-11-21-26/h3-11,14-17,20-21,27-28H,2,12-13,18-19,22-23H2,1H3,(H,31,32)/t27-,28+/m1/s1. The van der Waals surface area contributed by atoms with Gasteiger partial charge in [0.05, 0.1) is 12.5 Å². The Kier molecular flexibility index (Phi) is 10.4. The second-order valence-corrected chi connectivity index (χ2v) is 8.56. The van der Waals surface area contributed by atoms with E-state index in [2.05, 4.69) is 29.6 Å². The number of aryl methyl sites for hydroxylation is 2. The van der Waals surface area contributed by atoms with Gasteiger partial charge in [0.1, 0.15) is 0 Å². The van der Waals surface area contributed by atoms with Crippen LogP contribution in [0.5, 0.6) is 0 Å². The molecule has 0 unspecified atom stereocenters. The van der Waals surface area contributed by atoms with Crippen LogP contribution in [0.2, 0.25) is 0 Å². The molecule has 0 saturated carbocycles. The number of carbonyl (C=O) groups excluding carboxylic acids is 2. The Balaban J connectivity index is 1.72. The number of rotatable bonds is 13. The molecule has 2 atom stereocenters. The zero-order valence-corrected chi connectivity index (χ0v) is 20.0. The molecule has 0 radical (unpaired) electrons. The Morgan fingerprint density at radius 2 is 1.24 bits per heavy atom. The molecule has 0 aliphatic rings. The number of nitrogens with one attached hydrogen (secondary N) is 1. The van der Waals surface area contributed by atoms with Crippen LogP contribution in [0.3, 0.4) is 0 Å². The first-order valence-corrected chi connectivity index (χ1v) is 12.3. The molecule has 0 saturated heterocycles. The number of amides is 1. The third kappa shape index (κ3) is 8.18. The van der Waals surface area contributed by atoms with Crippen LogP contribution in [0.15, 0.2) is 91.0 Å². The number of ether oxygens (including phenoxy) is 1. The van der Waals surface area contributed by atoms with Gasteiger partial charge in [-0.1, -0.05) is 78.9 Å². The van der Waals surface area contributed by atoms with Crippen LogP contribution in [-0.2, 0) is 22.4 Å². The van der Waals surface area contributed by atoms with Crippen molar-refractivity contribution in [2.24, 2.45) is 5.92 Å². The van der Waals surface area contributed by atoms with Gasteiger partial charge in [-0.15, -0.1) is 0 Å². The molecule has 1 amide bonds. The lowest BCUT2D eigenvalue weighted by atomic mass is 9.88. The van der Waals surface area contributed by atoms with E-state index in [9.17, 15) is 9.59 Å². The summed E-state index contributed by atoms with van der Waals surface area (Å²) in [6, 6.07) is 29.5. The fourth-order valence-corrected chi connectivity index (χ4v) is 4.29. The van der Waals surface area contributed by atoms with E-state index >= 15 is 0 Å². The Bertz CT molecular complexity index is 989. The summed E-state index contributed by atoms with van der Waals surface area (Å²) >= 11 is 0. The number of carbonyl (C=O) groups is 2. The van der Waals surface area contributed by atoms with Crippen molar-refractivity contribution in [3.05, 3.63) is 108 Å². The first kappa shape index (κ1) is 25.2. The van der Waals surface area contributed by atoms with Gasteiger partial charge in [0.15, 0.2) is 0 Å².